The summed E-state index contributed by atoms with van der Waals surface area (Å²) in [7, 11) is 3.42. The van der Waals surface area contributed by atoms with Crippen molar-refractivity contribution in [3.8, 4) is 5.82 Å². The Hall–Kier alpha value is -4.25. The lowest BCUT2D eigenvalue weighted by atomic mass is 9.80. The number of fused-ring (bicyclic) bond motifs is 1. The molecule has 4 heterocycles. The molecule has 5 rings (SSSR count). The normalized spacial score (nSPS) is 17.1. The van der Waals surface area contributed by atoms with Crippen molar-refractivity contribution in [3.05, 3.63) is 70.9 Å². The van der Waals surface area contributed by atoms with E-state index in [0.717, 1.165) is 12.8 Å². The largest absolute Gasteiger partial charge is 0.384 e. The van der Waals surface area contributed by atoms with Crippen LogP contribution in [0, 0.1) is 5.92 Å². The molecule has 3 N–H and O–H groups in total. The second-order valence-corrected chi connectivity index (χ2v) is 8.35. The van der Waals surface area contributed by atoms with E-state index in [4.69, 9.17) is 4.74 Å². The predicted molar refractivity (Wildman–Crippen MR) is 132 cm³/mol. The molecule has 0 spiro atoms. The smallest absolute Gasteiger partial charge is 0.279 e. The lowest BCUT2D eigenvalue weighted by Gasteiger charge is -2.36. The van der Waals surface area contributed by atoms with Crippen molar-refractivity contribution in [3.63, 3.8) is 0 Å². The Bertz CT molecular complexity index is 1420. The number of hydrogen-bond acceptors (Lipinski definition) is 8. The van der Waals surface area contributed by atoms with Crippen molar-refractivity contribution in [2.75, 3.05) is 31.4 Å². The topological polar surface area (TPSA) is 127 Å². The number of carbonyl (C=O) groups is 1. The number of anilines is 3. The molecule has 11 nitrogen and oxygen atoms in total. The van der Waals surface area contributed by atoms with E-state index in [1.54, 1.807) is 61.4 Å². The number of methoxy groups -OCH3 is 1. The minimum absolute atomic E-state index is 0.0665. The third kappa shape index (κ3) is 4.33. The van der Waals surface area contributed by atoms with E-state index in [0.29, 0.717) is 46.9 Å². The van der Waals surface area contributed by atoms with Crippen LogP contribution in [0.5, 0.6) is 0 Å². The molecule has 4 aromatic rings. The summed E-state index contributed by atoms with van der Waals surface area (Å²) < 4.78 is 8.25. The van der Waals surface area contributed by atoms with Gasteiger partial charge in [-0.2, -0.15) is 9.61 Å². The fraction of sp³-hybridized carbons (Fsp3) is 0.292. The molecule has 0 aliphatic heterocycles. The van der Waals surface area contributed by atoms with Crippen LogP contribution in [0.25, 0.3) is 11.5 Å². The molecule has 0 saturated heterocycles. The molecule has 1 saturated carbocycles. The summed E-state index contributed by atoms with van der Waals surface area (Å²) in [4.78, 5) is 35.0. The molecule has 35 heavy (non-hydrogen) atoms. The first kappa shape index (κ1) is 22.5. The Morgan fingerprint density at radius 2 is 2.11 bits per heavy atom. The van der Waals surface area contributed by atoms with Crippen LogP contribution >= 0.6 is 0 Å². The van der Waals surface area contributed by atoms with Gasteiger partial charge >= 0.3 is 0 Å². The highest BCUT2D eigenvalue weighted by atomic mass is 16.5. The number of nitrogens with one attached hydrogen (secondary N) is 3. The first-order chi connectivity index (χ1) is 17.1. The van der Waals surface area contributed by atoms with Gasteiger partial charge in [-0.1, -0.05) is 6.07 Å². The Balaban J connectivity index is 1.46. The first-order valence-electron chi connectivity index (χ1n) is 11.4. The highest BCUT2D eigenvalue weighted by molar-refractivity contribution is 6.00. The van der Waals surface area contributed by atoms with Crippen LogP contribution in [-0.4, -0.2) is 56.9 Å². The molecule has 1 fully saturated rings. The molecule has 11 heteroatoms. The average molecular weight is 475 g/mol. The number of nitrogens with zero attached hydrogens (tertiary/aromatic N) is 5. The third-order valence-electron chi connectivity index (χ3n) is 6.19. The van der Waals surface area contributed by atoms with Gasteiger partial charge in [0.2, 0.25) is 0 Å². The van der Waals surface area contributed by atoms with Crippen molar-refractivity contribution in [2.45, 2.75) is 18.9 Å². The van der Waals surface area contributed by atoms with Crippen molar-refractivity contribution < 1.29 is 9.53 Å². The van der Waals surface area contributed by atoms with Crippen LogP contribution in [0.15, 0.2) is 59.8 Å². The maximum atomic E-state index is 13.1. The zero-order chi connectivity index (χ0) is 24.4. The summed E-state index contributed by atoms with van der Waals surface area (Å²) in [6.07, 6.45) is 6.73. The monoisotopic (exact) mass is 474 g/mol. The van der Waals surface area contributed by atoms with E-state index >= 15 is 0 Å². The standard InChI is InChI=1S/C24H26N8O3/c1-25-21-12-19(28-18-6-5-11-31(24(18)34)20-7-3-4-10-26-20)30-22-16(13-27-32(21)22)23(33)29-17-9-8-15(17)14-35-2/h3-7,10-13,15,17,25H,8-9,14H2,1-2H3,(H,28,30)(H,29,33)/t15-,17+/m0/s1. The van der Waals surface area contributed by atoms with Crippen LogP contribution in [0.1, 0.15) is 23.2 Å². The molecule has 1 aliphatic carbocycles. The van der Waals surface area contributed by atoms with Crippen LogP contribution in [-0.2, 0) is 4.74 Å². The second kappa shape index (κ2) is 9.55. The van der Waals surface area contributed by atoms with Gasteiger partial charge in [-0.3, -0.25) is 14.2 Å². The van der Waals surface area contributed by atoms with Gasteiger partial charge in [0.1, 0.15) is 28.7 Å². The predicted octanol–water partition coefficient (Wildman–Crippen LogP) is 2.22. The molecular weight excluding hydrogens is 448 g/mol. The Morgan fingerprint density at radius 1 is 1.23 bits per heavy atom. The molecular formula is C24H26N8O3. The first-order valence-corrected chi connectivity index (χ1v) is 11.4. The molecule has 4 aromatic heterocycles. The fourth-order valence-electron chi connectivity index (χ4n) is 4.19. The molecule has 2 atom stereocenters. The number of pyridine rings is 2. The summed E-state index contributed by atoms with van der Waals surface area (Å²) in [5.41, 5.74) is 0.770. The molecule has 180 valence electrons. The second-order valence-electron chi connectivity index (χ2n) is 8.35. The maximum Gasteiger partial charge on any atom is 0.279 e. The molecule has 0 aromatic carbocycles. The molecule has 0 unspecified atom stereocenters. The van der Waals surface area contributed by atoms with Crippen molar-refractivity contribution in [2.24, 2.45) is 5.92 Å². The van der Waals surface area contributed by atoms with Crippen molar-refractivity contribution in [1.82, 2.24) is 29.5 Å². The summed E-state index contributed by atoms with van der Waals surface area (Å²) in [5, 5.41) is 13.6. The number of rotatable bonds is 8. The van der Waals surface area contributed by atoms with Gasteiger partial charge in [0.15, 0.2) is 5.65 Å². The van der Waals surface area contributed by atoms with Crippen molar-refractivity contribution in [1.29, 1.82) is 0 Å². The summed E-state index contributed by atoms with van der Waals surface area (Å²) in [6.45, 7) is 0.614. The fourth-order valence-corrected chi connectivity index (χ4v) is 4.19. The summed E-state index contributed by atoms with van der Waals surface area (Å²) in [5.74, 6) is 1.59. The molecule has 0 radical (unpaired) electrons. The van der Waals surface area contributed by atoms with E-state index in [1.807, 2.05) is 6.07 Å². The Labute approximate surface area is 201 Å². The minimum atomic E-state index is -0.278. The van der Waals surface area contributed by atoms with Gasteiger partial charge < -0.3 is 20.7 Å². The van der Waals surface area contributed by atoms with Crippen LogP contribution < -0.4 is 21.5 Å². The molecule has 0 bridgehead atoms. The van der Waals surface area contributed by atoms with E-state index < -0.39 is 0 Å². The number of carbonyl (C=O) groups excluding carboxylic acids is 1. The van der Waals surface area contributed by atoms with Gasteiger partial charge in [-0.15, -0.1) is 0 Å². The van der Waals surface area contributed by atoms with Crippen molar-refractivity contribution >= 4 is 28.9 Å². The van der Waals surface area contributed by atoms with Crippen LogP contribution in [0.4, 0.5) is 17.3 Å². The average Bonchev–Trinajstić information content (AvgIpc) is 3.30. The number of hydrogen-bond donors (Lipinski definition) is 3. The SMILES string of the molecule is CNc1cc(Nc2cccn(-c3ccccn3)c2=O)nc2c(C(=O)N[C@@H]3CC[C@H]3COC)cnn12. The number of amides is 1. The highest BCUT2D eigenvalue weighted by Gasteiger charge is 2.33. The molecule has 1 aliphatic rings. The summed E-state index contributed by atoms with van der Waals surface area (Å²) in [6, 6.07) is 10.6. The zero-order valence-corrected chi connectivity index (χ0v) is 19.4. The zero-order valence-electron chi connectivity index (χ0n) is 19.4. The quantitative estimate of drug-likeness (QED) is 0.355. The van der Waals surface area contributed by atoms with E-state index in [2.05, 4.69) is 31.0 Å². The lowest BCUT2D eigenvalue weighted by molar-refractivity contribution is 0.0671. The summed E-state index contributed by atoms with van der Waals surface area (Å²) >= 11 is 0. The van der Waals surface area contributed by atoms with Gasteiger partial charge in [0, 0.05) is 44.6 Å². The third-order valence-corrected chi connectivity index (χ3v) is 6.19. The lowest BCUT2D eigenvalue weighted by Crippen LogP contribution is -2.48. The Morgan fingerprint density at radius 3 is 2.83 bits per heavy atom. The van der Waals surface area contributed by atoms with Gasteiger partial charge in [0.05, 0.1) is 12.8 Å². The van der Waals surface area contributed by atoms with Crippen LogP contribution in [0.3, 0.4) is 0 Å². The Kier molecular flexibility index (Phi) is 6.15. The number of ether oxygens (including phenoxy) is 1. The van der Waals surface area contributed by atoms with Gasteiger partial charge in [-0.05, 0) is 37.1 Å². The maximum absolute atomic E-state index is 13.1. The van der Waals surface area contributed by atoms with Gasteiger partial charge in [0.25, 0.3) is 11.5 Å². The van der Waals surface area contributed by atoms with Crippen LogP contribution in [0.2, 0.25) is 0 Å². The minimum Gasteiger partial charge on any atom is -0.384 e. The highest BCUT2D eigenvalue weighted by Crippen LogP contribution is 2.28. The van der Waals surface area contributed by atoms with Gasteiger partial charge in [-0.25, -0.2) is 9.97 Å². The molecule has 1 amide bonds. The van der Waals surface area contributed by atoms with E-state index in [-0.39, 0.29) is 17.5 Å². The van der Waals surface area contributed by atoms with E-state index in [1.165, 1.54) is 10.8 Å². The number of aromatic nitrogens is 5. The van der Waals surface area contributed by atoms with E-state index in [9.17, 15) is 9.59 Å².